The van der Waals surface area contributed by atoms with Crippen LogP contribution in [0.4, 0.5) is 0 Å². The zero-order chi connectivity index (χ0) is 12.7. The zero-order valence-corrected chi connectivity index (χ0v) is 9.77. The van der Waals surface area contributed by atoms with Gasteiger partial charge >= 0.3 is 11.8 Å². The molecule has 2 N–H and O–H groups in total. The van der Waals surface area contributed by atoms with Gasteiger partial charge in [0.15, 0.2) is 0 Å². The Balaban J connectivity index is 2.31. The molecule has 6 heteroatoms. The van der Waals surface area contributed by atoms with Crippen molar-refractivity contribution in [3.63, 3.8) is 0 Å². The van der Waals surface area contributed by atoms with E-state index in [-0.39, 0.29) is 0 Å². The van der Waals surface area contributed by atoms with Crippen molar-refractivity contribution in [1.29, 1.82) is 0 Å². The number of hydrazone groups is 1. The first-order valence-electron chi connectivity index (χ1n) is 5.24. The highest BCUT2D eigenvalue weighted by molar-refractivity contribution is 6.35. The summed E-state index contributed by atoms with van der Waals surface area (Å²) in [6.07, 6.45) is 2.80. The first-order valence-corrected chi connectivity index (χ1v) is 5.24. The Morgan fingerprint density at radius 2 is 2.24 bits per heavy atom. The molecule has 0 aliphatic carbocycles. The number of nitrogens with zero attached hydrogens (tertiary/aromatic N) is 1. The molecule has 2 amide bonds. The average Bonchev–Trinajstić information content (AvgIpc) is 2.78. The Labute approximate surface area is 99.1 Å². The van der Waals surface area contributed by atoms with E-state index in [4.69, 9.17) is 4.42 Å². The Bertz CT molecular complexity index is 396. The lowest BCUT2D eigenvalue weighted by molar-refractivity contribution is -0.139. The lowest BCUT2D eigenvalue weighted by atomic mass is 10.2. The second-order valence-electron chi connectivity index (χ2n) is 3.82. The van der Waals surface area contributed by atoms with E-state index < -0.39 is 11.8 Å². The first kappa shape index (κ1) is 13.0. The number of hydrogen-bond donors (Lipinski definition) is 2. The molecule has 1 aromatic rings. The largest absolute Gasteiger partial charge is 0.463 e. The van der Waals surface area contributed by atoms with E-state index in [1.807, 2.05) is 13.8 Å². The number of nitrogens with one attached hydrogen (secondary N) is 2. The fourth-order valence-electron chi connectivity index (χ4n) is 0.947. The molecule has 0 saturated carbocycles. The summed E-state index contributed by atoms with van der Waals surface area (Å²) in [5.74, 6) is -0.713. The van der Waals surface area contributed by atoms with E-state index in [1.54, 1.807) is 12.1 Å². The van der Waals surface area contributed by atoms with Gasteiger partial charge in [0.1, 0.15) is 5.76 Å². The van der Waals surface area contributed by atoms with Gasteiger partial charge in [-0.2, -0.15) is 5.10 Å². The lowest BCUT2D eigenvalue weighted by Crippen LogP contribution is -2.39. The quantitative estimate of drug-likeness (QED) is 0.454. The molecule has 1 rings (SSSR count). The number of carbonyl (C=O) groups is 2. The monoisotopic (exact) mass is 237 g/mol. The SMILES string of the molecule is CC(C)CNC(=O)C(=O)N/N=C/c1ccco1. The highest BCUT2D eigenvalue weighted by Gasteiger charge is 2.11. The number of rotatable bonds is 4. The third-order valence-corrected chi connectivity index (χ3v) is 1.78. The van der Waals surface area contributed by atoms with Crippen LogP contribution in [0.5, 0.6) is 0 Å². The molecule has 0 aliphatic rings. The molecule has 0 aromatic carbocycles. The maximum Gasteiger partial charge on any atom is 0.329 e. The van der Waals surface area contributed by atoms with Gasteiger partial charge in [0.25, 0.3) is 0 Å². The minimum atomic E-state index is -0.798. The van der Waals surface area contributed by atoms with Crippen LogP contribution in [0, 0.1) is 5.92 Å². The zero-order valence-electron chi connectivity index (χ0n) is 9.77. The fraction of sp³-hybridized carbons (Fsp3) is 0.364. The van der Waals surface area contributed by atoms with E-state index in [0.29, 0.717) is 18.2 Å². The third-order valence-electron chi connectivity index (χ3n) is 1.78. The summed E-state index contributed by atoms with van der Waals surface area (Å²) >= 11 is 0. The number of amides is 2. The van der Waals surface area contributed by atoms with Crippen LogP contribution >= 0.6 is 0 Å². The molecule has 17 heavy (non-hydrogen) atoms. The summed E-state index contributed by atoms with van der Waals surface area (Å²) in [4.78, 5) is 22.4. The molecule has 0 fully saturated rings. The Kier molecular flexibility index (Phi) is 4.93. The van der Waals surface area contributed by atoms with Crippen LogP contribution in [-0.4, -0.2) is 24.6 Å². The van der Waals surface area contributed by atoms with Crippen molar-refractivity contribution in [2.75, 3.05) is 6.54 Å². The molecule has 0 bridgehead atoms. The molecule has 1 aromatic heterocycles. The summed E-state index contributed by atoms with van der Waals surface area (Å²) in [6.45, 7) is 4.33. The van der Waals surface area contributed by atoms with Crippen molar-refractivity contribution in [3.05, 3.63) is 24.2 Å². The third kappa shape index (κ3) is 4.96. The van der Waals surface area contributed by atoms with Crippen LogP contribution in [0.25, 0.3) is 0 Å². The summed E-state index contributed by atoms with van der Waals surface area (Å²) in [7, 11) is 0. The van der Waals surface area contributed by atoms with Crippen LogP contribution in [0.2, 0.25) is 0 Å². The summed E-state index contributed by atoms with van der Waals surface area (Å²) in [6, 6.07) is 3.37. The lowest BCUT2D eigenvalue weighted by Gasteiger charge is -2.05. The molecular formula is C11H15N3O3. The van der Waals surface area contributed by atoms with Crippen molar-refractivity contribution >= 4 is 18.0 Å². The van der Waals surface area contributed by atoms with Gasteiger partial charge in [0, 0.05) is 6.54 Å². The van der Waals surface area contributed by atoms with E-state index in [1.165, 1.54) is 12.5 Å². The number of hydrogen-bond acceptors (Lipinski definition) is 4. The molecule has 0 aliphatic heterocycles. The predicted octanol–water partition coefficient (Wildman–Crippen LogP) is 0.502. The van der Waals surface area contributed by atoms with E-state index in [0.717, 1.165) is 0 Å². The van der Waals surface area contributed by atoms with Gasteiger partial charge < -0.3 is 9.73 Å². The van der Waals surface area contributed by atoms with Crippen molar-refractivity contribution < 1.29 is 14.0 Å². The molecule has 0 unspecified atom stereocenters. The minimum absolute atomic E-state index is 0.290. The summed E-state index contributed by atoms with van der Waals surface area (Å²) in [5.41, 5.74) is 2.10. The van der Waals surface area contributed by atoms with E-state index in [2.05, 4.69) is 15.8 Å². The normalized spacial score (nSPS) is 10.8. The first-order chi connectivity index (χ1) is 8.09. The molecule has 0 radical (unpaired) electrons. The molecule has 6 nitrogen and oxygen atoms in total. The molecule has 0 atom stereocenters. The molecule has 0 spiro atoms. The maximum absolute atomic E-state index is 11.2. The van der Waals surface area contributed by atoms with Gasteiger partial charge in [0.2, 0.25) is 0 Å². The minimum Gasteiger partial charge on any atom is -0.463 e. The van der Waals surface area contributed by atoms with Gasteiger partial charge in [-0.05, 0) is 18.1 Å². The van der Waals surface area contributed by atoms with Crippen LogP contribution in [0.15, 0.2) is 27.9 Å². The highest BCUT2D eigenvalue weighted by atomic mass is 16.3. The Morgan fingerprint density at radius 1 is 1.47 bits per heavy atom. The topological polar surface area (TPSA) is 83.7 Å². The van der Waals surface area contributed by atoms with Gasteiger partial charge in [-0.15, -0.1) is 0 Å². The van der Waals surface area contributed by atoms with Gasteiger partial charge in [-0.3, -0.25) is 9.59 Å². The smallest absolute Gasteiger partial charge is 0.329 e. The van der Waals surface area contributed by atoms with Gasteiger partial charge in [0.05, 0.1) is 12.5 Å². The van der Waals surface area contributed by atoms with Crippen LogP contribution in [0.3, 0.4) is 0 Å². The van der Waals surface area contributed by atoms with Crippen LogP contribution < -0.4 is 10.7 Å². The number of carbonyl (C=O) groups excluding carboxylic acids is 2. The van der Waals surface area contributed by atoms with E-state index in [9.17, 15) is 9.59 Å². The van der Waals surface area contributed by atoms with Crippen molar-refractivity contribution in [2.24, 2.45) is 11.0 Å². The highest BCUT2D eigenvalue weighted by Crippen LogP contribution is 1.94. The average molecular weight is 237 g/mol. The molecular weight excluding hydrogens is 222 g/mol. The molecule has 92 valence electrons. The standard InChI is InChI=1S/C11H15N3O3/c1-8(2)6-12-10(15)11(16)14-13-7-9-4-3-5-17-9/h3-5,7-8H,6H2,1-2H3,(H,12,15)(H,14,16)/b13-7+. The second-order valence-corrected chi connectivity index (χ2v) is 3.82. The Hall–Kier alpha value is -2.11. The van der Waals surface area contributed by atoms with Gasteiger partial charge in [-0.1, -0.05) is 13.8 Å². The molecule has 0 saturated heterocycles. The Morgan fingerprint density at radius 3 is 2.82 bits per heavy atom. The number of furan rings is 1. The van der Waals surface area contributed by atoms with Crippen molar-refractivity contribution in [3.8, 4) is 0 Å². The van der Waals surface area contributed by atoms with Crippen LogP contribution in [-0.2, 0) is 9.59 Å². The van der Waals surface area contributed by atoms with Crippen LogP contribution in [0.1, 0.15) is 19.6 Å². The van der Waals surface area contributed by atoms with Gasteiger partial charge in [-0.25, -0.2) is 5.43 Å². The summed E-state index contributed by atoms with van der Waals surface area (Å²) in [5, 5.41) is 6.06. The fourth-order valence-corrected chi connectivity index (χ4v) is 0.947. The maximum atomic E-state index is 11.2. The van der Waals surface area contributed by atoms with E-state index >= 15 is 0 Å². The summed E-state index contributed by atoms with van der Waals surface area (Å²) < 4.78 is 4.95. The molecule has 1 heterocycles. The predicted molar refractivity (Wildman–Crippen MR) is 62.3 cm³/mol. The van der Waals surface area contributed by atoms with Crippen molar-refractivity contribution in [1.82, 2.24) is 10.7 Å². The second kappa shape index (κ2) is 6.47. The van der Waals surface area contributed by atoms with Crippen molar-refractivity contribution in [2.45, 2.75) is 13.8 Å².